The van der Waals surface area contributed by atoms with Gasteiger partial charge in [0.2, 0.25) is 0 Å². The number of hydrogen-bond donors (Lipinski definition) is 0. The Morgan fingerprint density at radius 2 is 1.96 bits per heavy atom. The van der Waals surface area contributed by atoms with Gasteiger partial charge in [0.25, 0.3) is 0 Å². The first-order chi connectivity index (χ1) is 12.3. The van der Waals surface area contributed by atoms with Crippen molar-refractivity contribution in [2.45, 2.75) is 32.2 Å². The molecule has 0 atom stereocenters. The summed E-state index contributed by atoms with van der Waals surface area (Å²) in [6.07, 6.45) is 2.55. The minimum absolute atomic E-state index is 0.146. The summed E-state index contributed by atoms with van der Waals surface area (Å²) in [5.74, 6) is 1.59. The zero-order chi connectivity index (χ0) is 18.5. The molecular weight excluding hydrogens is 335 g/mol. The molecule has 26 heavy (non-hydrogen) atoms. The zero-order valence-corrected chi connectivity index (χ0v) is 15.3. The molecular formula is C17H21FN8. The summed E-state index contributed by atoms with van der Waals surface area (Å²) in [6.45, 7) is 7.74. The SMILES string of the molecule is CN(c1ncncc1F)C1CN(c2ccc3nnc(C(C)(C)C)n3n2)C1. The fourth-order valence-corrected chi connectivity index (χ4v) is 3.04. The third-order valence-electron chi connectivity index (χ3n) is 4.64. The van der Waals surface area contributed by atoms with Gasteiger partial charge in [-0.3, -0.25) is 0 Å². The van der Waals surface area contributed by atoms with Crippen molar-refractivity contribution in [2.24, 2.45) is 0 Å². The van der Waals surface area contributed by atoms with Crippen molar-refractivity contribution in [3.8, 4) is 0 Å². The Morgan fingerprint density at radius 1 is 1.19 bits per heavy atom. The molecule has 0 N–H and O–H groups in total. The van der Waals surface area contributed by atoms with E-state index < -0.39 is 5.82 Å². The van der Waals surface area contributed by atoms with Crippen LogP contribution in [0.3, 0.4) is 0 Å². The van der Waals surface area contributed by atoms with E-state index in [4.69, 9.17) is 5.10 Å². The summed E-state index contributed by atoms with van der Waals surface area (Å²) < 4.78 is 15.7. The summed E-state index contributed by atoms with van der Waals surface area (Å²) in [7, 11) is 1.85. The Hall–Kier alpha value is -2.84. The van der Waals surface area contributed by atoms with Crippen LogP contribution in [0.4, 0.5) is 16.0 Å². The number of halogens is 1. The summed E-state index contributed by atoms with van der Waals surface area (Å²) in [6, 6.07) is 4.03. The number of aromatic nitrogens is 6. The molecule has 0 spiro atoms. The molecule has 0 saturated carbocycles. The van der Waals surface area contributed by atoms with Crippen LogP contribution in [0, 0.1) is 5.82 Å². The van der Waals surface area contributed by atoms with E-state index in [0.29, 0.717) is 5.82 Å². The first kappa shape index (κ1) is 16.6. The maximum atomic E-state index is 13.9. The van der Waals surface area contributed by atoms with Crippen LogP contribution in [0.25, 0.3) is 5.65 Å². The maximum absolute atomic E-state index is 13.9. The number of fused-ring (bicyclic) bond motifs is 1. The molecule has 1 fully saturated rings. The van der Waals surface area contributed by atoms with E-state index in [1.54, 1.807) is 4.52 Å². The highest BCUT2D eigenvalue weighted by Gasteiger charge is 2.33. The first-order valence-electron chi connectivity index (χ1n) is 8.51. The minimum Gasteiger partial charge on any atom is -0.351 e. The fraction of sp³-hybridized carbons (Fsp3) is 0.471. The predicted molar refractivity (Wildman–Crippen MR) is 95.9 cm³/mol. The lowest BCUT2D eigenvalue weighted by molar-refractivity contribution is 0.475. The van der Waals surface area contributed by atoms with Crippen molar-refractivity contribution in [1.82, 2.24) is 29.8 Å². The molecule has 0 unspecified atom stereocenters. The van der Waals surface area contributed by atoms with Crippen molar-refractivity contribution < 1.29 is 4.39 Å². The average molecular weight is 356 g/mol. The Bertz CT molecular complexity index is 941. The molecule has 136 valence electrons. The molecule has 1 aliphatic rings. The maximum Gasteiger partial charge on any atom is 0.183 e. The number of anilines is 2. The lowest BCUT2D eigenvalue weighted by Crippen LogP contribution is -2.59. The zero-order valence-electron chi connectivity index (χ0n) is 15.3. The second-order valence-electron chi connectivity index (χ2n) is 7.60. The molecule has 0 amide bonds. The van der Waals surface area contributed by atoms with Crippen LogP contribution in [0.15, 0.2) is 24.7 Å². The van der Waals surface area contributed by atoms with E-state index in [2.05, 4.69) is 45.8 Å². The van der Waals surface area contributed by atoms with Gasteiger partial charge in [-0.1, -0.05) is 20.8 Å². The summed E-state index contributed by atoms with van der Waals surface area (Å²) in [5, 5.41) is 13.2. The molecule has 4 heterocycles. The first-order valence-corrected chi connectivity index (χ1v) is 8.51. The van der Waals surface area contributed by atoms with Crippen LogP contribution in [0.1, 0.15) is 26.6 Å². The number of likely N-dealkylation sites (N-methyl/N-ethyl adjacent to an activating group) is 1. The Labute approximate surface area is 150 Å². The molecule has 1 aliphatic heterocycles. The Kier molecular flexibility index (Phi) is 3.74. The lowest BCUT2D eigenvalue weighted by Gasteiger charge is -2.44. The van der Waals surface area contributed by atoms with Crippen LogP contribution < -0.4 is 9.80 Å². The lowest BCUT2D eigenvalue weighted by atomic mass is 9.96. The van der Waals surface area contributed by atoms with Gasteiger partial charge in [0.1, 0.15) is 12.1 Å². The molecule has 0 aromatic carbocycles. The minimum atomic E-state index is -0.410. The summed E-state index contributed by atoms with van der Waals surface area (Å²) in [4.78, 5) is 11.7. The van der Waals surface area contributed by atoms with E-state index >= 15 is 0 Å². The normalized spacial score (nSPS) is 15.3. The second-order valence-corrected chi connectivity index (χ2v) is 7.60. The molecule has 9 heteroatoms. The van der Waals surface area contributed by atoms with Gasteiger partial charge in [-0.25, -0.2) is 14.4 Å². The summed E-state index contributed by atoms with van der Waals surface area (Å²) >= 11 is 0. The van der Waals surface area contributed by atoms with Crippen molar-refractivity contribution in [2.75, 3.05) is 29.9 Å². The Balaban J connectivity index is 1.53. The molecule has 0 radical (unpaired) electrons. The number of nitrogens with zero attached hydrogens (tertiary/aromatic N) is 8. The van der Waals surface area contributed by atoms with E-state index in [0.717, 1.165) is 30.4 Å². The highest BCUT2D eigenvalue weighted by molar-refractivity contribution is 5.51. The fourth-order valence-electron chi connectivity index (χ4n) is 3.04. The highest BCUT2D eigenvalue weighted by Crippen LogP contribution is 2.26. The van der Waals surface area contributed by atoms with E-state index in [9.17, 15) is 4.39 Å². The highest BCUT2D eigenvalue weighted by atomic mass is 19.1. The van der Waals surface area contributed by atoms with Crippen LogP contribution in [-0.2, 0) is 5.41 Å². The van der Waals surface area contributed by atoms with Gasteiger partial charge in [-0.2, -0.15) is 4.52 Å². The van der Waals surface area contributed by atoms with Crippen molar-refractivity contribution >= 4 is 17.3 Å². The van der Waals surface area contributed by atoms with Gasteiger partial charge in [-0.15, -0.1) is 15.3 Å². The van der Waals surface area contributed by atoms with Gasteiger partial charge >= 0.3 is 0 Å². The van der Waals surface area contributed by atoms with Gasteiger partial charge < -0.3 is 9.80 Å². The molecule has 3 aromatic rings. The summed E-state index contributed by atoms with van der Waals surface area (Å²) in [5.41, 5.74) is 0.587. The van der Waals surface area contributed by atoms with Crippen molar-refractivity contribution in [1.29, 1.82) is 0 Å². The average Bonchev–Trinajstić information content (AvgIpc) is 2.97. The van der Waals surface area contributed by atoms with Crippen LogP contribution in [0.5, 0.6) is 0 Å². The molecule has 1 saturated heterocycles. The van der Waals surface area contributed by atoms with E-state index in [1.807, 2.05) is 24.1 Å². The second kappa shape index (κ2) is 5.86. The van der Waals surface area contributed by atoms with Gasteiger partial charge in [0.15, 0.2) is 23.1 Å². The van der Waals surface area contributed by atoms with Gasteiger partial charge in [0, 0.05) is 25.6 Å². The Morgan fingerprint density at radius 3 is 2.65 bits per heavy atom. The molecule has 0 bridgehead atoms. The van der Waals surface area contributed by atoms with Crippen LogP contribution in [0.2, 0.25) is 0 Å². The number of rotatable bonds is 3. The number of hydrogen-bond acceptors (Lipinski definition) is 7. The molecule has 4 rings (SSSR count). The molecule has 0 aliphatic carbocycles. The quantitative estimate of drug-likeness (QED) is 0.707. The van der Waals surface area contributed by atoms with Crippen molar-refractivity contribution in [3.05, 3.63) is 36.3 Å². The van der Waals surface area contributed by atoms with Crippen molar-refractivity contribution in [3.63, 3.8) is 0 Å². The van der Waals surface area contributed by atoms with E-state index in [1.165, 1.54) is 12.5 Å². The molecule has 3 aromatic heterocycles. The van der Waals surface area contributed by atoms with Crippen LogP contribution in [-0.4, -0.2) is 56.0 Å². The topological polar surface area (TPSA) is 75.3 Å². The van der Waals surface area contributed by atoms with Gasteiger partial charge in [-0.05, 0) is 12.1 Å². The molecule has 8 nitrogen and oxygen atoms in total. The smallest absolute Gasteiger partial charge is 0.183 e. The third-order valence-corrected chi connectivity index (χ3v) is 4.64. The monoisotopic (exact) mass is 356 g/mol. The third kappa shape index (κ3) is 2.73. The van der Waals surface area contributed by atoms with E-state index in [-0.39, 0.29) is 11.5 Å². The van der Waals surface area contributed by atoms with Crippen LogP contribution >= 0.6 is 0 Å². The van der Waals surface area contributed by atoms with Gasteiger partial charge in [0.05, 0.1) is 12.2 Å². The standard InChI is InChI=1S/C17H21FN8/c1-17(2,3)16-22-21-13-5-6-14(23-26(13)16)25-8-11(9-25)24(4)15-12(18)7-19-10-20-15/h5-7,10-11H,8-9H2,1-4H3. The largest absolute Gasteiger partial charge is 0.351 e. The predicted octanol–water partition coefficient (Wildman–Crippen LogP) is 1.68.